The fourth-order valence-electron chi connectivity index (χ4n) is 2.33. The lowest BCUT2D eigenvalue weighted by Gasteiger charge is -2.08. The van der Waals surface area contributed by atoms with Crippen molar-refractivity contribution in [2.24, 2.45) is 0 Å². The number of fused-ring (bicyclic) bond motifs is 2. The highest BCUT2D eigenvalue weighted by Crippen LogP contribution is 2.35. The number of ether oxygens (including phenoxy) is 1. The molecular weight excluding hydrogens is 316 g/mol. The van der Waals surface area contributed by atoms with E-state index in [-0.39, 0.29) is 5.69 Å². The molecule has 3 aromatic heterocycles. The first-order chi connectivity index (χ1) is 11.2. The number of rotatable bonds is 3. The molecule has 0 amide bonds. The Hall–Kier alpha value is -3.13. The molecule has 0 saturated heterocycles. The predicted molar refractivity (Wildman–Crippen MR) is 85.9 cm³/mol. The summed E-state index contributed by atoms with van der Waals surface area (Å²) in [5.41, 5.74) is 0.410. The first-order valence-electron chi connectivity index (χ1n) is 6.62. The molecular formula is C15H8N4O3S. The Morgan fingerprint density at radius 3 is 2.87 bits per heavy atom. The van der Waals surface area contributed by atoms with Crippen molar-refractivity contribution >= 4 is 38.1 Å². The Labute approximate surface area is 133 Å². The molecule has 4 rings (SSSR count). The van der Waals surface area contributed by atoms with Crippen LogP contribution < -0.4 is 4.74 Å². The number of non-ortho nitro benzene ring substituents is 1. The van der Waals surface area contributed by atoms with Crippen LogP contribution in [0.5, 0.6) is 11.6 Å². The minimum atomic E-state index is -0.435. The maximum atomic E-state index is 11.1. The third-order valence-corrected chi connectivity index (χ3v) is 4.16. The molecule has 0 atom stereocenters. The first kappa shape index (κ1) is 13.5. The Balaban J connectivity index is 1.88. The number of benzene rings is 1. The Morgan fingerprint density at radius 2 is 2.00 bits per heavy atom. The Bertz CT molecular complexity index is 1050. The summed E-state index contributed by atoms with van der Waals surface area (Å²) in [5, 5.41) is 14.3. The van der Waals surface area contributed by atoms with Crippen molar-refractivity contribution in [1.29, 1.82) is 0 Å². The van der Waals surface area contributed by atoms with Crippen molar-refractivity contribution in [3.05, 3.63) is 58.4 Å². The summed E-state index contributed by atoms with van der Waals surface area (Å²) >= 11 is 1.49. The van der Waals surface area contributed by atoms with Gasteiger partial charge in [-0.05, 0) is 29.6 Å². The van der Waals surface area contributed by atoms with Gasteiger partial charge in [-0.1, -0.05) is 0 Å². The number of hydrogen-bond donors (Lipinski definition) is 0. The van der Waals surface area contributed by atoms with Gasteiger partial charge >= 0.3 is 0 Å². The van der Waals surface area contributed by atoms with Gasteiger partial charge < -0.3 is 4.74 Å². The summed E-state index contributed by atoms with van der Waals surface area (Å²) in [6.45, 7) is 0. The standard InChI is InChI=1S/C15H8N4O3S/c20-19(21)11-3-4-12(13-9(11)2-1-6-16-13)22-14-10-5-7-23-15(10)18-8-17-14/h1-8H. The van der Waals surface area contributed by atoms with Crippen LogP contribution >= 0.6 is 11.3 Å². The van der Waals surface area contributed by atoms with Crippen molar-refractivity contribution in [1.82, 2.24) is 15.0 Å². The van der Waals surface area contributed by atoms with Gasteiger partial charge in [-0.15, -0.1) is 11.3 Å². The van der Waals surface area contributed by atoms with Crippen LogP contribution in [0.2, 0.25) is 0 Å². The van der Waals surface area contributed by atoms with Crippen LogP contribution in [0, 0.1) is 10.1 Å². The highest BCUT2D eigenvalue weighted by atomic mass is 32.1. The molecule has 0 aliphatic carbocycles. The van der Waals surface area contributed by atoms with Crippen LogP contribution in [-0.4, -0.2) is 19.9 Å². The van der Waals surface area contributed by atoms with Gasteiger partial charge in [0.15, 0.2) is 5.75 Å². The molecule has 0 N–H and O–H groups in total. The molecule has 4 aromatic rings. The van der Waals surface area contributed by atoms with Crippen LogP contribution in [0.3, 0.4) is 0 Å². The van der Waals surface area contributed by atoms with Crippen molar-refractivity contribution in [2.45, 2.75) is 0 Å². The molecule has 7 nitrogen and oxygen atoms in total. The normalized spacial score (nSPS) is 11.0. The summed E-state index contributed by atoms with van der Waals surface area (Å²) in [6.07, 6.45) is 2.99. The maximum absolute atomic E-state index is 11.1. The van der Waals surface area contributed by atoms with Crippen molar-refractivity contribution in [3.8, 4) is 11.6 Å². The molecule has 8 heteroatoms. The van der Waals surface area contributed by atoms with Crippen LogP contribution in [0.1, 0.15) is 0 Å². The van der Waals surface area contributed by atoms with E-state index in [1.807, 2.05) is 11.4 Å². The predicted octanol–water partition coefficient (Wildman–Crippen LogP) is 3.94. The van der Waals surface area contributed by atoms with E-state index in [1.165, 1.54) is 29.8 Å². The highest BCUT2D eigenvalue weighted by Gasteiger charge is 2.17. The van der Waals surface area contributed by atoms with E-state index in [1.54, 1.807) is 18.3 Å². The molecule has 0 aliphatic rings. The molecule has 0 saturated carbocycles. The molecule has 0 aliphatic heterocycles. The van der Waals surface area contributed by atoms with E-state index in [2.05, 4.69) is 15.0 Å². The zero-order valence-corrected chi connectivity index (χ0v) is 12.4. The van der Waals surface area contributed by atoms with E-state index in [4.69, 9.17) is 4.74 Å². The van der Waals surface area contributed by atoms with Crippen molar-refractivity contribution < 1.29 is 9.66 Å². The van der Waals surface area contributed by atoms with Gasteiger partial charge in [0.2, 0.25) is 5.88 Å². The fourth-order valence-corrected chi connectivity index (χ4v) is 3.05. The first-order valence-corrected chi connectivity index (χ1v) is 7.50. The number of nitro groups is 1. The number of nitro benzene ring substituents is 1. The Morgan fingerprint density at radius 1 is 1.09 bits per heavy atom. The number of nitrogens with zero attached hydrogens (tertiary/aromatic N) is 4. The minimum absolute atomic E-state index is 0.0104. The number of pyridine rings is 1. The molecule has 3 heterocycles. The summed E-state index contributed by atoms with van der Waals surface area (Å²) in [7, 11) is 0. The highest BCUT2D eigenvalue weighted by molar-refractivity contribution is 7.16. The van der Waals surface area contributed by atoms with Crippen molar-refractivity contribution in [3.63, 3.8) is 0 Å². The van der Waals surface area contributed by atoms with E-state index < -0.39 is 4.92 Å². The third kappa shape index (κ3) is 2.25. The molecule has 1 aromatic carbocycles. The van der Waals surface area contributed by atoms with Gasteiger partial charge in [0.1, 0.15) is 16.7 Å². The van der Waals surface area contributed by atoms with Gasteiger partial charge in [0, 0.05) is 12.3 Å². The minimum Gasteiger partial charge on any atom is -0.436 e. The third-order valence-electron chi connectivity index (χ3n) is 3.34. The molecule has 23 heavy (non-hydrogen) atoms. The van der Waals surface area contributed by atoms with Crippen LogP contribution in [0.4, 0.5) is 5.69 Å². The second kappa shape index (κ2) is 5.25. The van der Waals surface area contributed by atoms with Gasteiger partial charge in [-0.25, -0.2) is 9.97 Å². The lowest BCUT2D eigenvalue weighted by Crippen LogP contribution is -1.95. The van der Waals surface area contributed by atoms with Crippen LogP contribution in [0.25, 0.3) is 21.1 Å². The van der Waals surface area contributed by atoms with E-state index in [9.17, 15) is 10.1 Å². The van der Waals surface area contributed by atoms with E-state index in [0.29, 0.717) is 22.5 Å². The average molecular weight is 324 g/mol. The fraction of sp³-hybridized carbons (Fsp3) is 0. The average Bonchev–Trinajstić information content (AvgIpc) is 3.04. The molecule has 112 valence electrons. The number of hydrogen-bond acceptors (Lipinski definition) is 7. The topological polar surface area (TPSA) is 91.0 Å². The largest absolute Gasteiger partial charge is 0.436 e. The SMILES string of the molecule is O=[N+]([O-])c1ccc(Oc2ncnc3sccc23)c2ncccc12. The zero-order chi connectivity index (χ0) is 15.8. The van der Waals surface area contributed by atoms with Crippen LogP contribution in [0.15, 0.2) is 48.2 Å². The number of aromatic nitrogens is 3. The molecule has 0 unspecified atom stereocenters. The smallest absolute Gasteiger partial charge is 0.279 e. The lowest BCUT2D eigenvalue weighted by molar-refractivity contribution is -0.383. The molecule has 0 spiro atoms. The molecule has 0 fully saturated rings. The maximum Gasteiger partial charge on any atom is 0.279 e. The van der Waals surface area contributed by atoms with Gasteiger partial charge in [0.25, 0.3) is 5.69 Å². The summed E-state index contributed by atoms with van der Waals surface area (Å²) in [4.78, 5) is 24.1. The quantitative estimate of drug-likeness (QED) is 0.419. The second-order valence-electron chi connectivity index (χ2n) is 4.66. The monoisotopic (exact) mass is 324 g/mol. The summed E-state index contributed by atoms with van der Waals surface area (Å²) in [6, 6.07) is 8.11. The summed E-state index contributed by atoms with van der Waals surface area (Å²) < 4.78 is 5.87. The van der Waals surface area contributed by atoms with E-state index in [0.717, 1.165) is 10.2 Å². The van der Waals surface area contributed by atoms with Gasteiger partial charge in [0.05, 0.1) is 15.7 Å². The second-order valence-corrected chi connectivity index (χ2v) is 5.55. The number of thiophene rings is 1. The zero-order valence-electron chi connectivity index (χ0n) is 11.5. The van der Waals surface area contributed by atoms with Crippen molar-refractivity contribution in [2.75, 3.05) is 0 Å². The molecule has 0 radical (unpaired) electrons. The van der Waals surface area contributed by atoms with Crippen LogP contribution in [-0.2, 0) is 0 Å². The summed E-state index contributed by atoms with van der Waals surface area (Å²) in [5.74, 6) is 0.814. The molecule has 0 bridgehead atoms. The lowest BCUT2D eigenvalue weighted by atomic mass is 10.1. The van der Waals surface area contributed by atoms with Gasteiger partial charge in [-0.2, -0.15) is 0 Å². The Kier molecular flexibility index (Phi) is 3.09. The van der Waals surface area contributed by atoms with E-state index >= 15 is 0 Å². The van der Waals surface area contributed by atoms with Gasteiger partial charge in [-0.3, -0.25) is 15.1 Å².